The second-order valence-corrected chi connectivity index (χ2v) is 10.5. The maximum atomic E-state index is 13.8. The summed E-state index contributed by atoms with van der Waals surface area (Å²) < 4.78 is 52.6. The lowest BCUT2D eigenvalue weighted by Gasteiger charge is -2.32. The molecule has 1 fully saturated rings. The second-order valence-electron chi connectivity index (χ2n) is 8.86. The number of rotatable bonds is 7. The Hall–Kier alpha value is -3.51. The molecule has 0 bridgehead atoms. The molecule has 10 nitrogen and oxygen atoms in total. The summed E-state index contributed by atoms with van der Waals surface area (Å²) in [6.07, 6.45) is -4.56. The average molecular weight is 550 g/mol. The number of carbonyl (C=O) groups excluding carboxylic acids is 1. The third kappa shape index (κ3) is 7.07. The van der Waals surface area contributed by atoms with Crippen molar-refractivity contribution in [3.63, 3.8) is 0 Å². The first-order valence-corrected chi connectivity index (χ1v) is 13.4. The van der Waals surface area contributed by atoms with Crippen molar-refractivity contribution in [2.24, 2.45) is 0 Å². The van der Waals surface area contributed by atoms with Crippen LogP contribution in [0.15, 0.2) is 54.7 Å². The summed E-state index contributed by atoms with van der Waals surface area (Å²) in [4.78, 5) is 42.9. The third-order valence-corrected chi connectivity index (χ3v) is 6.67. The molecule has 2 aromatic carbocycles. The Bertz CT molecular complexity index is 1340. The summed E-state index contributed by atoms with van der Waals surface area (Å²) in [5.41, 5.74) is 0.0752. The topological polar surface area (TPSA) is 131 Å². The van der Waals surface area contributed by atoms with Gasteiger partial charge in [0.05, 0.1) is 17.4 Å². The first-order chi connectivity index (χ1) is 17.9. The maximum Gasteiger partial charge on any atom is 0.421 e. The summed E-state index contributed by atoms with van der Waals surface area (Å²) in [5.74, 6) is -0.976. The summed E-state index contributed by atoms with van der Waals surface area (Å²) in [7, 11) is -2.29. The molecular weight excluding hydrogens is 524 g/mol. The zero-order valence-electron chi connectivity index (χ0n) is 20.3. The van der Waals surface area contributed by atoms with Crippen molar-refractivity contribution in [3.05, 3.63) is 71.4 Å². The summed E-state index contributed by atoms with van der Waals surface area (Å²) >= 11 is 0. The molecule has 4 N–H and O–H groups in total. The van der Waals surface area contributed by atoms with Crippen LogP contribution in [-0.4, -0.2) is 68.7 Å². The van der Waals surface area contributed by atoms with Crippen LogP contribution in [0.4, 0.5) is 36.3 Å². The van der Waals surface area contributed by atoms with Crippen LogP contribution >= 0.6 is 7.60 Å². The van der Waals surface area contributed by atoms with Crippen molar-refractivity contribution >= 4 is 36.6 Å². The van der Waals surface area contributed by atoms with Gasteiger partial charge < -0.3 is 30.2 Å². The molecular formula is C24H26F3N6O4P. The van der Waals surface area contributed by atoms with Crippen LogP contribution < -0.4 is 10.6 Å². The Kier molecular flexibility index (Phi) is 8.02. The van der Waals surface area contributed by atoms with Gasteiger partial charge in [-0.1, -0.05) is 24.3 Å². The smallest absolute Gasteiger partial charge is 0.339 e. The van der Waals surface area contributed by atoms with Crippen LogP contribution in [0.1, 0.15) is 21.5 Å². The van der Waals surface area contributed by atoms with Crippen LogP contribution in [0.25, 0.3) is 0 Å². The Balaban J connectivity index is 1.60. The van der Waals surface area contributed by atoms with E-state index in [1.165, 1.54) is 30.3 Å². The number of likely N-dealkylation sites (N-methyl/N-ethyl adjacent to an activating group) is 1. The molecule has 0 aliphatic carbocycles. The van der Waals surface area contributed by atoms with E-state index < -0.39 is 31.3 Å². The molecule has 1 saturated heterocycles. The molecule has 0 spiro atoms. The second kappa shape index (κ2) is 11.1. The summed E-state index contributed by atoms with van der Waals surface area (Å²) in [6.45, 7) is 2.40. The van der Waals surface area contributed by atoms with Crippen molar-refractivity contribution in [3.8, 4) is 0 Å². The summed E-state index contributed by atoms with van der Waals surface area (Å²) in [5, 5.41) is 5.47. The Morgan fingerprint density at radius 1 is 1.03 bits per heavy atom. The predicted octanol–water partition coefficient (Wildman–Crippen LogP) is 4.05. The molecule has 1 amide bonds. The molecule has 38 heavy (non-hydrogen) atoms. The van der Waals surface area contributed by atoms with Crippen LogP contribution in [0.2, 0.25) is 0 Å². The van der Waals surface area contributed by atoms with Crippen molar-refractivity contribution in [2.45, 2.75) is 12.3 Å². The number of carbonyl (C=O) groups is 1. The van der Waals surface area contributed by atoms with E-state index in [0.29, 0.717) is 43.6 Å². The van der Waals surface area contributed by atoms with E-state index in [4.69, 9.17) is 9.79 Å². The standard InChI is InChI=1S/C24H26F3N6O4P/c1-32-10-12-33(13-11-32)22(34)18-4-2-3-5-20(18)30-21-19(24(25,26)27)14-28-23(31-21)29-17-8-6-16(7-9-17)15-38(35,36)37/h2-9,14H,10-13,15H2,1H3,(H2,35,36,37)(H2,28,29,30,31). The van der Waals surface area contributed by atoms with E-state index in [2.05, 4.69) is 25.5 Å². The number of piperazine rings is 1. The average Bonchev–Trinajstić information content (AvgIpc) is 2.84. The number of benzene rings is 2. The lowest BCUT2D eigenvalue weighted by molar-refractivity contribution is -0.137. The van der Waals surface area contributed by atoms with Gasteiger partial charge in [0.2, 0.25) is 5.95 Å². The van der Waals surface area contributed by atoms with Gasteiger partial charge in [0.1, 0.15) is 11.4 Å². The number of nitrogens with one attached hydrogen (secondary N) is 2. The predicted molar refractivity (Wildman–Crippen MR) is 136 cm³/mol. The van der Waals surface area contributed by atoms with Gasteiger partial charge >= 0.3 is 13.8 Å². The van der Waals surface area contributed by atoms with Gasteiger partial charge in [-0.2, -0.15) is 18.2 Å². The largest absolute Gasteiger partial charge is 0.421 e. The molecule has 14 heteroatoms. The minimum atomic E-state index is -4.76. The quantitative estimate of drug-likeness (QED) is 0.322. The van der Waals surface area contributed by atoms with Crippen LogP contribution in [0.3, 0.4) is 0 Å². The fraction of sp³-hybridized carbons (Fsp3) is 0.292. The van der Waals surface area contributed by atoms with Gasteiger partial charge in [0.15, 0.2) is 0 Å². The minimum Gasteiger partial charge on any atom is -0.339 e. The Morgan fingerprint density at radius 2 is 1.68 bits per heavy atom. The number of hydrogen-bond donors (Lipinski definition) is 4. The normalized spacial score (nSPS) is 14.8. The zero-order valence-corrected chi connectivity index (χ0v) is 21.2. The summed E-state index contributed by atoms with van der Waals surface area (Å²) in [6, 6.07) is 12.3. The zero-order chi connectivity index (χ0) is 27.5. The molecule has 1 aliphatic heterocycles. The van der Waals surface area contributed by atoms with E-state index in [9.17, 15) is 22.5 Å². The third-order valence-electron chi connectivity index (χ3n) is 5.89. The molecule has 4 rings (SSSR count). The number of nitrogens with zero attached hydrogens (tertiary/aromatic N) is 4. The van der Waals surface area contributed by atoms with Gasteiger partial charge in [-0.05, 0) is 36.9 Å². The fourth-order valence-electron chi connectivity index (χ4n) is 3.89. The number of para-hydroxylation sites is 1. The highest BCUT2D eigenvalue weighted by atomic mass is 31.2. The van der Waals surface area contributed by atoms with E-state index in [1.54, 1.807) is 23.1 Å². The van der Waals surface area contributed by atoms with Crippen molar-refractivity contribution < 1.29 is 32.3 Å². The van der Waals surface area contributed by atoms with E-state index in [1.807, 2.05) is 7.05 Å². The number of amides is 1. The van der Waals surface area contributed by atoms with E-state index in [0.717, 1.165) is 0 Å². The van der Waals surface area contributed by atoms with Crippen molar-refractivity contribution in [1.29, 1.82) is 0 Å². The molecule has 0 atom stereocenters. The van der Waals surface area contributed by atoms with Crippen molar-refractivity contribution in [1.82, 2.24) is 19.8 Å². The van der Waals surface area contributed by atoms with Gasteiger partial charge in [-0.25, -0.2) is 4.98 Å². The van der Waals surface area contributed by atoms with E-state index >= 15 is 0 Å². The van der Waals surface area contributed by atoms with Gasteiger partial charge in [-0.15, -0.1) is 0 Å². The number of halogens is 3. The highest BCUT2D eigenvalue weighted by Gasteiger charge is 2.36. The lowest BCUT2D eigenvalue weighted by atomic mass is 10.1. The highest BCUT2D eigenvalue weighted by molar-refractivity contribution is 7.50. The lowest BCUT2D eigenvalue weighted by Crippen LogP contribution is -2.47. The molecule has 1 aliphatic rings. The van der Waals surface area contributed by atoms with Gasteiger partial charge in [-0.3, -0.25) is 9.36 Å². The monoisotopic (exact) mass is 550 g/mol. The number of anilines is 4. The molecule has 0 unspecified atom stereocenters. The van der Waals surface area contributed by atoms with Crippen LogP contribution in [0, 0.1) is 0 Å². The van der Waals surface area contributed by atoms with Gasteiger partial charge in [0.25, 0.3) is 5.91 Å². The first kappa shape index (κ1) is 27.5. The Labute approximate surface area is 216 Å². The SMILES string of the molecule is CN1CCN(C(=O)c2ccccc2Nc2nc(Nc3ccc(CP(=O)(O)O)cc3)ncc2C(F)(F)F)CC1. The minimum absolute atomic E-state index is 0.147. The molecule has 0 radical (unpaired) electrons. The maximum absolute atomic E-state index is 13.8. The molecule has 3 aromatic rings. The molecule has 1 aromatic heterocycles. The Morgan fingerprint density at radius 3 is 2.32 bits per heavy atom. The number of hydrogen-bond acceptors (Lipinski definition) is 7. The fourth-order valence-corrected chi connectivity index (χ4v) is 4.58. The number of aromatic nitrogens is 2. The molecule has 202 valence electrons. The van der Waals surface area contributed by atoms with E-state index in [-0.39, 0.29) is 23.1 Å². The van der Waals surface area contributed by atoms with Gasteiger partial charge in [0, 0.05) is 38.1 Å². The molecule has 0 saturated carbocycles. The molecule has 2 heterocycles. The van der Waals surface area contributed by atoms with Crippen LogP contribution in [-0.2, 0) is 16.9 Å². The highest BCUT2D eigenvalue weighted by Crippen LogP contribution is 2.39. The first-order valence-electron chi connectivity index (χ1n) is 11.6. The van der Waals surface area contributed by atoms with Crippen LogP contribution in [0.5, 0.6) is 0 Å². The van der Waals surface area contributed by atoms with Crippen molar-refractivity contribution in [2.75, 3.05) is 43.9 Å². The number of alkyl halides is 3.